The first-order valence-corrected chi connectivity index (χ1v) is 5.90. The fourth-order valence-corrected chi connectivity index (χ4v) is 2.14. The second-order valence-corrected chi connectivity index (χ2v) is 4.47. The summed E-state index contributed by atoms with van der Waals surface area (Å²) in [4.78, 5) is 13.9. The van der Waals surface area contributed by atoms with Crippen molar-refractivity contribution in [2.75, 3.05) is 19.7 Å². The number of rotatable bonds is 2. The van der Waals surface area contributed by atoms with Gasteiger partial charge in [0.25, 0.3) is 5.91 Å². The molecule has 0 aliphatic carbocycles. The molecule has 0 radical (unpaired) electrons. The lowest BCUT2D eigenvalue weighted by molar-refractivity contribution is 0.0650. The lowest BCUT2D eigenvalue weighted by Gasteiger charge is -2.31. The van der Waals surface area contributed by atoms with Gasteiger partial charge in [-0.3, -0.25) is 4.79 Å². The van der Waals surface area contributed by atoms with Gasteiger partial charge in [0.05, 0.1) is 0 Å². The predicted molar refractivity (Wildman–Crippen MR) is 63.8 cm³/mol. The number of likely N-dealkylation sites (tertiary alicyclic amines) is 1. The third-order valence-corrected chi connectivity index (χ3v) is 3.25. The summed E-state index contributed by atoms with van der Waals surface area (Å²) in [6, 6.07) is 6.42. The van der Waals surface area contributed by atoms with E-state index in [2.05, 4.69) is 0 Å². The zero-order valence-electron chi connectivity index (χ0n) is 9.67. The Morgan fingerprint density at radius 3 is 2.65 bits per heavy atom. The van der Waals surface area contributed by atoms with Crippen molar-refractivity contribution >= 4 is 5.91 Å². The van der Waals surface area contributed by atoms with E-state index < -0.39 is 0 Å². The smallest absolute Gasteiger partial charge is 0.253 e. The van der Waals surface area contributed by atoms with Gasteiger partial charge >= 0.3 is 0 Å². The van der Waals surface area contributed by atoms with Crippen LogP contribution < -0.4 is 0 Å². The zero-order chi connectivity index (χ0) is 12.3. The number of amides is 1. The number of hydrogen-bond acceptors (Lipinski definition) is 3. The molecule has 0 spiro atoms. The summed E-state index contributed by atoms with van der Waals surface area (Å²) < 4.78 is 0. The molecule has 4 heteroatoms. The SMILES string of the molecule is O=C(c1cccc(O)c1)N1CCC(CO)CC1. The number of phenols is 1. The van der Waals surface area contributed by atoms with E-state index >= 15 is 0 Å². The number of nitrogens with zero attached hydrogens (tertiary/aromatic N) is 1. The maximum Gasteiger partial charge on any atom is 0.253 e. The molecule has 1 fully saturated rings. The first-order valence-electron chi connectivity index (χ1n) is 5.90. The maximum absolute atomic E-state index is 12.1. The highest BCUT2D eigenvalue weighted by molar-refractivity contribution is 5.94. The van der Waals surface area contributed by atoms with Crippen LogP contribution in [0.4, 0.5) is 0 Å². The van der Waals surface area contributed by atoms with Crippen molar-refractivity contribution in [2.45, 2.75) is 12.8 Å². The molecule has 4 nitrogen and oxygen atoms in total. The summed E-state index contributed by atoms with van der Waals surface area (Å²) in [6.07, 6.45) is 1.70. The first kappa shape index (κ1) is 11.9. The molecule has 0 saturated carbocycles. The second kappa shape index (κ2) is 5.19. The van der Waals surface area contributed by atoms with Crippen LogP contribution in [0.3, 0.4) is 0 Å². The Hall–Kier alpha value is -1.55. The molecule has 2 rings (SSSR count). The number of aliphatic hydroxyl groups excluding tert-OH is 1. The van der Waals surface area contributed by atoms with E-state index in [1.807, 2.05) is 0 Å². The minimum absolute atomic E-state index is 0.0442. The molecule has 17 heavy (non-hydrogen) atoms. The van der Waals surface area contributed by atoms with Gasteiger partial charge in [0.15, 0.2) is 0 Å². The van der Waals surface area contributed by atoms with Crippen molar-refractivity contribution in [1.82, 2.24) is 4.90 Å². The number of benzene rings is 1. The van der Waals surface area contributed by atoms with Crippen LogP contribution in [0, 0.1) is 5.92 Å². The third-order valence-electron chi connectivity index (χ3n) is 3.25. The topological polar surface area (TPSA) is 60.8 Å². The standard InChI is InChI=1S/C13H17NO3/c15-9-10-4-6-14(7-5-10)13(17)11-2-1-3-12(16)8-11/h1-3,8,10,15-16H,4-7,9H2. The van der Waals surface area contributed by atoms with Crippen LogP contribution in [0.25, 0.3) is 0 Å². The minimum atomic E-state index is -0.0442. The molecule has 1 aliphatic heterocycles. The van der Waals surface area contributed by atoms with Crippen LogP contribution in [-0.2, 0) is 0 Å². The second-order valence-electron chi connectivity index (χ2n) is 4.47. The van der Waals surface area contributed by atoms with Gasteiger partial charge in [-0.1, -0.05) is 6.07 Å². The summed E-state index contributed by atoms with van der Waals surface area (Å²) in [6.45, 7) is 1.56. The quantitative estimate of drug-likeness (QED) is 0.810. The van der Waals surface area contributed by atoms with Crippen LogP contribution in [0.15, 0.2) is 24.3 Å². The van der Waals surface area contributed by atoms with Crippen LogP contribution in [0.1, 0.15) is 23.2 Å². The van der Waals surface area contributed by atoms with Gasteiger partial charge < -0.3 is 15.1 Å². The number of carbonyl (C=O) groups is 1. The van der Waals surface area contributed by atoms with Gasteiger partial charge in [0.2, 0.25) is 0 Å². The van der Waals surface area contributed by atoms with E-state index in [9.17, 15) is 9.90 Å². The van der Waals surface area contributed by atoms with E-state index in [1.54, 1.807) is 23.1 Å². The molecule has 1 amide bonds. The van der Waals surface area contributed by atoms with Crippen molar-refractivity contribution in [3.8, 4) is 5.75 Å². The van der Waals surface area contributed by atoms with Gasteiger partial charge in [0.1, 0.15) is 5.75 Å². The highest BCUT2D eigenvalue weighted by Gasteiger charge is 2.23. The first-order chi connectivity index (χ1) is 8.20. The van der Waals surface area contributed by atoms with Crippen LogP contribution in [0.2, 0.25) is 0 Å². The number of carbonyl (C=O) groups excluding carboxylic acids is 1. The van der Waals surface area contributed by atoms with Crippen LogP contribution in [0.5, 0.6) is 5.75 Å². The molecule has 0 bridgehead atoms. The summed E-state index contributed by atoms with van der Waals surface area (Å²) in [5.41, 5.74) is 0.521. The number of aromatic hydroxyl groups is 1. The number of aliphatic hydroxyl groups is 1. The Bertz CT molecular complexity index is 397. The fourth-order valence-electron chi connectivity index (χ4n) is 2.14. The summed E-state index contributed by atoms with van der Waals surface area (Å²) in [5, 5.41) is 18.4. The van der Waals surface area contributed by atoms with Gasteiger partial charge in [-0.05, 0) is 37.0 Å². The fraction of sp³-hybridized carbons (Fsp3) is 0.462. The average molecular weight is 235 g/mol. The molecular weight excluding hydrogens is 218 g/mol. The van der Waals surface area contributed by atoms with Gasteiger partial charge in [0, 0.05) is 25.3 Å². The molecule has 92 valence electrons. The van der Waals surface area contributed by atoms with E-state index in [-0.39, 0.29) is 18.3 Å². The van der Waals surface area contributed by atoms with Crippen molar-refractivity contribution in [3.05, 3.63) is 29.8 Å². The zero-order valence-corrected chi connectivity index (χ0v) is 9.67. The molecule has 1 aromatic rings. The predicted octanol–water partition coefficient (Wildman–Crippen LogP) is 1.24. The monoisotopic (exact) mass is 235 g/mol. The average Bonchev–Trinajstić information content (AvgIpc) is 2.38. The largest absolute Gasteiger partial charge is 0.508 e. The summed E-state index contributed by atoms with van der Waals surface area (Å²) in [7, 11) is 0. The van der Waals surface area contributed by atoms with E-state index in [0.29, 0.717) is 24.6 Å². The van der Waals surface area contributed by atoms with E-state index in [0.717, 1.165) is 12.8 Å². The maximum atomic E-state index is 12.1. The molecule has 1 aromatic carbocycles. The van der Waals surface area contributed by atoms with Gasteiger partial charge in [-0.15, -0.1) is 0 Å². The Balaban J connectivity index is 2.02. The molecule has 0 unspecified atom stereocenters. The Labute approximate surface area is 100 Å². The molecule has 1 aliphatic rings. The highest BCUT2D eigenvalue weighted by atomic mass is 16.3. The molecule has 1 saturated heterocycles. The molecule has 0 aromatic heterocycles. The molecule has 1 heterocycles. The minimum Gasteiger partial charge on any atom is -0.508 e. The molecule has 0 atom stereocenters. The number of hydrogen-bond donors (Lipinski definition) is 2. The van der Waals surface area contributed by atoms with Crippen LogP contribution in [-0.4, -0.2) is 40.7 Å². The van der Waals surface area contributed by atoms with Crippen LogP contribution >= 0.6 is 0 Å². The Kier molecular flexibility index (Phi) is 3.64. The summed E-state index contributed by atoms with van der Waals surface area (Å²) in [5.74, 6) is 0.390. The number of phenolic OH excluding ortho intramolecular Hbond substituents is 1. The normalized spacial score (nSPS) is 17.1. The lowest BCUT2D eigenvalue weighted by Crippen LogP contribution is -2.39. The molecule has 2 N–H and O–H groups in total. The number of piperidine rings is 1. The third kappa shape index (κ3) is 2.77. The summed E-state index contributed by atoms with van der Waals surface area (Å²) >= 11 is 0. The van der Waals surface area contributed by atoms with Crippen molar-refractivity contribution in [3.63, 3.8) is 0 Å². The Morgan fingerprint density at radius 1 is 1.35 bits per heavy atom. The van der Waals surface area contributed by atoms with E-state index in [1.165, 1.54) is 6.07 Å². The van der Waals surface area contributed by atoms with Crippen molar-refractivity contribution in [2.24, 2.45) is 5.92 Å². The highest BCUT2D eigenvalue weighted by Crippen LogP contribution is 2.19. The van der Waals surface area contributed by atoms with Crippen molar-refractivity contribution < 1.29 is 15.0 Å². The van der Waals surface area contributed by atoms with Crippen molar-refractivity contribution in [1.29, 1.82) is 0 Å². The van der Waals surface area contributed by atoms with E-state index in [4.69, 9.17) is 5.11 Å². The van der Waals surface area contributed by atoms with Gasteiger partial charge in [-0.25, -0.2) is 0 Å². The molecular formula is C13H17NO3. The van der Waals surface area contributed by atoms with Gasteiger partial charge in [-0.2, -0.15) is 0 Å². The Morgan fingerprint density at radius 2 is 2.06 bits per heavy atom. The lowest BCUT2D eigenvalue weighted by atomic mass is 9.97.